The average Bonchev–Trinajstić information content (AvgIpc) is 2.48. The monoisotopic (exact) mass is 358 g/mol. The molecule has 1 aliphatic rings. The van der Waals surface area contributed by atoms with E-state index in [1.54, 1.807) is 12.1 Å². The first-order chi connectivity index (χ1) is 9.52. The SMILES string of the molecule is CCC(C)N1CCN(C(=O)c2cc(Br)ccc2Cl)CC1. The van der Waals surface area contributed by atoms with E-state index in [4.69, 9.17) is 11.6 Å². The first-order valence-corrected chi connectivity index (χ1v) is 8.18. The van der Waals surface area contributed by atoms with E-state index >= 15 is 0 Å². The highest BCUT2D eigenvalue weighted by Gasteiger charge is 2.25. The van der Waals surface area contributed by atoms with Crippen LogP contribution in [0.1, 0.15) is 30.6 Å². The van der Waals surface area contributed by atoms with Crippen molar-refractivity contribution in [2.24, 2.45) is 0 Å². The van der Waals surface area contributed by atoms with E-state index < -0.39 is 0 Å². The summed E-state index contributed by atoms with van der Waals surface area (Å²) in [6.07, 6.45) is 1.14. The van der Waals surface area contributed by atoms with Gasteiger partial charge in [-0.05, 0) is 31.5 Å². The molecule has 1 aliphatic heterocycles. The van der Waals surface area contributed by atoms with Crippen molar-refractivity contribution in [3.63, 3.8) is 0 Å². The molecule has 0 saturated carbocycles. The summed E-state index contributed by atoms with van der Waals surface area (Å²) >= 11 is 9.52. The number of piperazine rings is 1. The molecule has 5 heteroatoms. The van der Waals surface area contributed by atoms with E-state index in [9.17, 15) is 4.79 Å². The molecule has 1 aromatic carbocycles. The number of rotatable bonds is 3. The van der Waals surface area contributed by atoms with Crippen LogP contribution in [0.4, 0.5) is 0 Å². The van der Waals surface area contributed by atoms with Crippen LogP contribution < -0.4 is 0 Å². The van der Waals surface area contributed by atoms with Crippen molar-refractivity contribution in [2.45, 2.75) is 26.3 Å². The van der Waals surface area contributed by atoms with Crippen molar-refractivity contribution in [2.75, 3.05) is 26.2 Å². The van der Waals surface area contributed by atoms with Crippen LogP contribution in [0.3, 0.4) is 0 Å². The van der Waals surface area contributed by atoms with Crippen LogP contribution >= 0.6 is 27.5 Å². The molecule has 0 radical (unpaired) electrons. The maximum atomic E-state index is 12.5. The van der Waals surface area contributed by atoms with Crippen LogP contribution in [0.2, 0.25) is 5.02 Å². The number of hydrogen-bond acceptors (Lipinski definition) is 2. The minimum absolute atomic E-state index is 0.0279. The normalized spacial score (nSPS) is 18.1. The van der Waals surface area contributed by atoms with Crippen molar-refractivity contribution < 1.29 is 4.79 Å². The molecule has 1 unspecified atom stereocenters. The van der Waals surface area contributed by atoms with Gasteiger partial charge in [0.2, 0.25) is 0 Å². The predicted octanol–water partition coefficient (Wildman–Crippen LogP) is 3.66. The highest BCUT2D eigenvalue weighted by Crippen LogP contribution is 2.23. The fraction of sp³-hybridized carbons (Fsp3) is 0.533. The summed E-state index contributed by atoms with van der Waals surface area (Å²) < 4.78 is 0.878. The predicted molar refractivity (Wildman–Crippen MR) is 86.4 cm³/mol. The molecule has 1 heterocycles. The highest BCUT2D eigenvalue weighted by molar-refractivity contribution is 9.10. The second-order valence-electron chi connectivity index (χ2n) is 5.21. The first-order valence-electron chi connectivity index (χ1n) is 7.01. The van der Waals surface area contributed by atoms with Gasteiger partial charge in [-0.25, -0.2) is 0 Å². The van der Waals surface area contributed by atoms with Gasteiger partial charge in [-0.2, -0.15) is 0 Å². The van der Waals surface area contributed by atoms with Crippen molar-refractivity contribution in [3.8, 4) is 0 Å². The number of carbonyl (C=O) groups excluding carboxylic acids is 1. The Bertz CT molecular complexity index is 487. The van der Waals surface area contributed by atoms with Crippen molar-refractivity contribution >= 4 is 33.4 Å². The number of benzene rings is 1. The lowest BCUT2D eigenvalue weighted by Crippen LogP contribution is -2.51. The van der Waals surface area contributed by atoms with E-state index in [0.717, 1.165) is 37.1 Å². The number of hydrogen-bond donors (Lipinski definition) is 0. The third-order valence-corrected chi connectivity index (χ3v) is 4.80. The fourth-order valence-corrected chi connectivity index (χ4v) is 3.02. The molecular formula is C15H20BrClN2O. The molecule has 3 nitrogen and oxygen atoms in total. The standard InChI is InChI=1S/C15H20BrClN2O/c1-3-11(2)18-6-8-19(9-7-18)15(20)13-10-12(16)4-5-14(13)17/h4-5,10-11H,3,6-9H2,1-2H3. The van der Waals surface area contributed by atoms with Crippen molar-refractivity contribution in [1.29, 1.82) is 0 Å². The van der Waals surface area contributed by atoms with Gasteiger partial charge in [0.05, 0.1) is 10.6 Å². The van der Waals surface area contributed by atoms with Gasteiger partial charge in [0.15, 0.2) is 0 Å². The molecule has 1 atom stereocenters. The molecule has 1 amide bonds. The van der Waals surface area contributed by atoms with Gasteiger partial charge in [-0.15, -0.1) is 0 Å². The smallest absolute Gasteiger partial charge is 0.255 e. The van der Waals surface area contributed by atoms with Gasteiger partial charge in [-0.1, -0.05) is 34.5 Å². The number of nitrogens with zero attached hydrogens (tertiary/aromatic N) is 2. The second-order valence-corrected chi connectivity index (χ2v) is 6.53. The Balaban J connectivity index is 2.03. The molecule has 1 fully saturated rings. The van der Waals surface area contributed by atoms with E-state index in [-0.39, 0.29) is 5.91 Å². The lowest BCUT2D eigenvalue weighted by atomic mass is 10.1. The molecule has 0 spiro atoms. The van der Waals surface area contributed by atoms with Gasteiger partial charge in [-0.3, -0.25) is 9.69 Å². The summed E-state index contributed by atoms with van der Waals surface area (Å²) in [4.78, 5) is 16.9. The maximum absolute atomic E-state index is 12.5. The zero-order valence-corrected chi connectivity index (χ0v) is 14.2. The van der Waals surface area contributed by atoms with E-state index in [1.807, 2.05) is 11.0 Å². The topological polar surface area (TPSA) is 23.6 Å². The Labute approximate surface area is 134 Å². The van der Waals surface area contributed by atoms with Crippen molar-refractivity contribution in [3.05, 3.63) is 33.3 Å². The third kappa shape index (κ3) is 3.54. The molecule has 2 rings (SSSR count). The second kappa shape index (κ2) is 6.92. The third-order valence-electron chi connectivity index (χ3n) is 3.97. The van der Waals surface area contributed by atoms with E-state index in [0.29, 0.717) is 16.6 Å². The molecule has 0 aliphatic carbocycles. The van der Waals surface area contributed by atoms with Crippen LogP contribution in [0.5, 0.6) is 0 Å². The lowest BCUT2D eigenvalue weighted by molar-refractivity contribution is 0.0580. The largest absolute Gasteiger partial charge is 0.336 e. The minimum Gasteiger partial charge on any atom is -0.336 e. The van der Waals surface area contributed by atoms with Gasteiger partial charge in [0.1, 0.15) is 0 Å². The summed E-state index contributed by atoms with van der Waals surface area (Å²) in [6, 6.07) is 5.99. The van der Waals surface area contributed by atoms with E-state index in [1.165, 1.54) is 0 Å². The molecule has 0 N–H and O–H groups in total. The average molecular weight is 360 g/mol. The van der Waals surface area contributed by atoms with Gasteiger partial charge in [0, 0.05) is 36.7 Å². The van der Waals surface area contributed by atoms with Crippen LogP contribution in [-0.4, -0.2) is 47.9 Å². The zero-order chi connectivity index (χ0) is 14.7. The first kappa shape index (κ1) is 15.8. The van der Waals surface area contributed by atoms with Gasteiger partial charge < -0.3 is 4.90 Å². The van der Waals surface area contributed by atoms with Crippen molar-refractivity contribution in [1.82, 2.24) is 9.80 Å². The van der Waals surface area contributed by atoms with Crippen LogP contribution in [-0.2, 0) is 0 Å². The summed E-state index contributed by atoms with van der Waals surface area (Å²) in [7, 11) is 0. The molecule has 1 saturated heterocycles. The Hall–Kier alpha value is -0.580. The Morgan fingerprint density at radius 1 is 1.35 bits per heavy atom. The highest BCUT2D eigenvalue weighted by atomic mass is 79.9. The number of halogens is 2. The quantitative estimate of drug-likeness (QED) is 0.822. The molecule has 1 aromatic rings. The summed E-state index contributed by atoms with van der Waals surface area (Å²) in [5.41, 5.74) is 0.582. The minimum atomic E-state index is 0.0279. The van der Waals surface area contributed by atoms with E-state index in [2.05, 4.69) is 34.7 Å². The van der Waals surface area contributed by atoms with Crippen LogP contribution in [0.15, 0.2) is 22.7 Å². The maximum Gasteiger partial charge on any atom is 0.255 e. The molecule has 0 bridgehead atoms. The molecule has 20 heavy (non-hydrogen) atoms. The number of carbonyl (C=O) groups is 1. The fourth-order valence-electron chi connectivity index (χ4n) is 2.46. The van der Waals surface area contributed by atoms with Crippen LogP contribution in [0, 0.1) is 0 Å². The van der Waals surface area contributed by atoms with Gasteiger partial charge in [0.25, 0.3) is 5.91 Å². The summed E-state index contributed by atoms with van der Waals surface area (Å²) in [5, 5.41) is 0.516. The number of amides is 1. The lowest BCUT2D eigenvalue weighted by Gasteiger charge is -2.38. The summed E-state index contributed by atoms with van der Waals surface area (Å²) in [5.74, 6) is 0.0279. The Morgan fingerprint density at radius 2 is 2.00 bits per heavy atom. The molecule has 0 aromatic heterocycles. The van der Waals surface area contributed by atoms with Gasteiger partial charge >= 0.3 is 0 Å². The van der Waals surface area contributed by atoms with Crippen LogP contribution in [0.25, 0.3) is 0 Å². The molecule has 110 valence electrons. The Kier molecular flexibility index (Phi) is 5.47. The summed E-state index contributed by atoms with van der Waals surface area (Å²) in [6.45, 7) is 7.85. The molecular weight excluding hydrogens is 340 g/mol. The Morgan fingerprint density at radius 3 is 2.60 bits per heavy atom. The zero-order valence-electron chi connectivity index (χ0n) is 11.9.